The van der Waals surface area contributed by atoms with Gasteiger partial charge in [0.1, 0.15) is 5.82 Å². The summed E-state index contributed by atoms with van der Waals surface area (Å²) >= 11 is 0. The van der Waals surface area contributed by atoms with E-state index < -0.39 is 5.82 Å². The van der Waals surface area contributed by atoms with Gasteiger partial charge in [-0.1, -0.05) is 0 Å². The van der Waals surface area contributed by atoms with Crippen molar-refractivity contribution >= 4 is 11.5 Å². The zero-order valence-electron chi connectivity index (χ0n) is 8.20. The van der Waals surface area contributed by atoms with Gasteiger partial charge in [-0.05, 0) is 24.6 Å². The fourth-order valence-corrected chi connectivity index (χ4v) is 1.70. The highest BCUT2D eigenvalue weighted by Gasteiger charge is 2.26. The highest BCUT2D eigenvalue weighted by molar-refractivity contribution is 6.02. The molecule has 1 aromatic rings. The number of hydrogen-bond acceptors (Lipinski definition) is 3. The van der Waals surface area contributed by atoms with Crippen LogP contribution in [0.25, 0.3) is 0 Å². The Hall–Kier alpha value is -1.42. The topological polar surface area (TPSA) is 52.3 Å². The van der Waals surface area contributed by atoms with Crippen LogP contribution in [0.1, 0.15) is 16.8 Å². The molecule has 0 aliphatic carbocycles. The van der Waals surface area contributed by atoms with Gasteiger partial charge in [0.05, 0.1) is 6.61 Å². The molecule has 80 valence electrons. The van der Waals surface area contributed by atoms with Crippen LogP contribution in [-0.4, -0.2) is 19.0 Å². The number of carbonyl (C=O) groups excluding carboxylic acids is 1. The van der Waals surface area contributed by atoms with Gasteiger partial charge in [-0.15, -0.1) is 0 Å². The second kappa shape index (κ2) is 3.98. The first kappa shape index (κ1) is 10.1. The zero-order chi connectivity index (χ0) is 10.8. The molecule has 0 radical (unpaired) electrons. The number of benzene rings is 1. The summed E-state index contributed by atoms with van der Waals surface area (Å²) in [6, 6.07) is 3.85. The van der Waals surface area contributed by atoms with E-state index in [9.17, 15) is 9.18 Å². The quantitative estimate of drug-likeness (QED) is 0.595. The Bertz CT molecular complexity index is 386. The molecule has 1 heterocycles. The molecular formula is C11H12FNO2. The van der Waals surface area contributed by atoms with E-state index in [0.29, 0.717) is 25.3 Å². The third kappa shape index (κ3) is 1.99. The summed E-state index contributed by atoms with van der Waals surface area (Å²) in [5.41, 5.74) is 6.23. The summed E-state index contributed by atoms with van der Waals surface area (Å²) in [7, 11) is 0. The molecule has 15 heavy (non-hydrogen) atoms. The minimum atomic E-state index is -0.438. The number of halogens is 1. The summed E-state index contributed by atoms with van der Waals surface area (Å²) in [4.78, 5) is 11.9. The third-order valence-corrected chi connectivity index (χ3v) is 2.58. The number of Topliss-reactive ketones (excluding diaryl/α,β-unsaturated/α-hetero) is 1. The van der Waals surface area contributed by atoms with Gasteiger partial charge >= 0.3 is 0 Å². The maximum absolute atomic E-state index is 13.0. The number of nitrogen functional groups attached to an aromatic ring is 1. The van der Waals surface area contributed by atoms with Crippen LogP contribution in [0.4, 0.5) is 10.1 Å². The van der Waals surface area contributed by atoms with Crippen molar-refractivity contribution in [2.24, 2.45) is 5.92 Å². The fourth-order valence-electron chi connectivity index (χ4n) is 1.70. The van der Waals surface area contributed by atoms with Crippen LogP contribution >= 0.6 is 0 Å². The molecule has 1 fully saturated rings. The molecule has 0 bridgehead atoms. The Morgan fingerprint density at radius 2 is 2.33 bits per heavy atom. The van der Waals surface area contributed by atoms with Crippen molar-refractivity contribution in [1.29, 1.82) is 0 Å². The van der Waals surface area contributed by atoms with Crippen molar-refractivity contribution < 1.29 is 13.9 Å². The maximum Gasteiger partial charge on any atom is 0.170 e. The summed E-state index contributed by atoms with van der Waals surface area (Å²) in [5, 5.41) is 0. The molecule has 1 saturated heterocycles. The van der Waals surface area contributed by atoms with Crippen LogP contribution in [0.5, 0.6) is 0 Å². The van der Waals surface area contributed by atoms with Gasteiger partial charge in [0.15, 0.2) is 5.78 Å². The van der Waals surface area contributed by atoms with Crippen LogP contribution in [0.2, 0.25) is 0 Å². The van der Waals surface area contributed by atoms with E-state index in [4.69, 9.17) is 10.5 Å². The normalized spacial score (nSPS) is 20.5. The summed E-state index contributed by atoms with van der Waals surface area (Å²) in [6.07, 6.45) is 0.689. The SMILES string of the molecule is Nc1ccc(F)cc1C(=O)C1CCOC1. The maximum atomic E-state index is 13.0. The van der Waals surface area contributed by atoms with Gasteiger partial charge in [0, 0.05) is 23.8 Å². The van der Waals surface area contributed by atoms with Gasteiger partial charge in [-0.2, -0.15) is 0 Å². The molecule has 2 N–H and O–H groups in total. The smallest absolute Gasteiger partial charge is 0.170 e. The summed E-state index contributed by atoms with van der Waals surface area (Å²) in [5.74, 6) is -0.731. The van der Waals surface area contributed by atoms with Crippen molar-refractivity contribution in [1.82, 2.24) is 0 Å². The monoisotopic (exact) mass is 209 g/mol. The van der Waals surface area contributed by atoms with E-state index in [-0.39, 0.29) is 17.3 Å². The fraction of sp³-hybridized carbons (Fsp3) is 0.364. The van der Waals surface area contributed by atoms with Crippen molar-refractivity contribution in [2.45, 2.75) is 6.42 Å². The van der Waals surface area contributed by atoms with Crippen LogP contribution < -0.4 is 5.73 Å². The van der Waals surface area contributed by atoms with E-state index >= 15 is 0 Å². The second-order valence-corrected chi connectivity index (χ2v) is 3.66. The lowest BCUT2D eigenvalue weighted by atomic mass is 9.96. The van der Waals surface area contributed by atoms with Crippen molar-refractivity contribution in [2.75, 3.05) is 18.9 Å². The molecule has 0 saturated carbocycles. The number of ketones is 1. The van der Waals surface area contributed by atoms with Crippen LogP contribution in [0.15, 0.2) is 18.2 Å². The summed E-state index contributed by atoms with van der Waals surface area (Å²) < 4.78 is 18.1. The molecule has 1 aromatic carbocycles. The van der Waals surface area contributed by atoms with Gasteiger partial charge in [0.2, 0.25) is 0 Å². The average molecular weight is 209 g/mol. The number of nitrogens with two attached hydrogens (primary N) is 1. The molecule has 0 amide bonds. The highest BCUT2D eigenvalue weighted by Crippen LogP contribution is 2.22. The Balaban J connectivity index is 2.27. The highest BCUT2D eigenvalue weighted by atomic mass is 19.1. The first-order valence-corrected chi connectivity index (χ1v) is 4.85. The lowest BCUT2D eigenvalue weighted by molar-refractivity contribution is 0.0901. The van der Waals surface area contributed by atoms with Crippen molar-refractivity contribution in [3.05, 3.63) is 29.6 Å². The molecule has 1 aliphatic rings. The Kier molecular flexibility index (Phi) is 2.68. The standard InChI is InChI=1S/C11H12FNO2/c12-8-1-2-10(13)9(5-8)11(14)7-3-4-15-6-7/h1-2,5,7H,3-4,6,13H2. The predicted octanol–water partition coefficient (Wildman–Crippen LogP) is 1.63. The van der Waals surface area contributed by atoms with Crippen molar-refractivity contribution in [3.63, 3.8) is 0 Å². The van der Waals surface area contributed by atoms with Gasteiger partial charge in [-0.3, -0.25) is 4.79 Å². The van der Waals surface area contributed by atoms with Crippen LogP contribution in [-0.2, 0) is 4.74 Å². The Morgan fingerprint density at radius 1 is 1.53 bits per heavy atom. The number of rotatable bonds is 2. The molecule has 4 heteroatoms. The average Bonchev–Trinajstić information content (AvgIpc) is 2.74. The third-order valence-electron chi connectivity index (χ3n) is 2.58. The Morgan fingerprint density at radius 3 is 3.00 bits per heavy atom. The first-order valence-electron chi connectivity index (χ1n) is 4.85. The largest absolute Gasteiger partial charge is 0.398 e. The van der Waals surface area contributed by atoms with Gasteiger partial charge in [0.25, 0.3) is 0 Å². The molecule has 3 nitrogen and oxygen atoms in total. The molecule has 1 unspecified atom stereocenters. The molecule has 0 spiro atoms. The number of ether oxygens (including phenoxy) is 1. The van der Waals surface area contributed by atoms with E-state index in [2.05, 4.69) is 0 Å². The van der Waals surface area contributed by atoms with Crippen LogP contribution in [0.3, 0.4) is 0 Å². The molecule has 1 atom stereocenters. The second-order valence-electron chi connectivity index (χ2n) is 3.66. The van der Waals surface area contributed by atoms with Crippen LogP contribution in [0, 0.1) is 11.7 Å². The summed E-state index contributed by atoms with van der Waals surface area (Å²) in [6.45, 7) is 1.00. The number of hydrogen-bond donors (Lipinski definition) is 1. The minimum absolute atomic E-state index is 0.121. The minimum Gasteiger partial charge on any atom is -0.398 e. The zero-order valence-corrected chi connectivity index (χ0v) is 8.20. The van der Waals surface area contributed by atoms with Gasteiger partial charge < -0.3 is 10.5 Å². The number of anilines is 1. The van der Waals surface area contributed by atoms with Crippen molar-refractivity contribution in [3.8, 4) is 0 Å². The first-order chi connectivity index (χ1) is 7.18. The number of carbonyl (C=O) groups is 1. The molecular weight excluding hydrogens is 197 g/mol. The lowest BCUT2D eigenvalue weighted by Crippen LogP contribution is -2.16. The predicted molar refractivity (Wildman–Crippen MR) is 54.1 cm³/mol. The molecule has 0 aromatic heterocycles. The van der Waals surface area contributed by atoms with E-state index in [1.165, 1.54) is 18.2 Å². The molecule has 2 rings (SSSR count). The molecule has 1 aliphatic heterocycles. The Labute approximate surface area is 87.0 Å². The lowest BCUT2D eigenvalue weighted by Gasteiger charge is -2.08. The van der Waals surface area contributed by atoms with E-state index in [0.717, 1.165) is 0 Å². The van der Waals surface area contributed by atoms with Gasteiger partial charge in [-0.25, -0.2) is 4.39 Å². The van der Waals surface area contributed by atoms with E-state index in [1.54, 1.807) is 0 Å². The van der Waals surface area contributed by atoms with E-state index in [1.807, 2.05) is 0 Å².